The number of anilines is 1. The van der Waals surface area contributed by atoms with E-state index in [1.165, 1.54) is 21.4 Å². The average molecular weight is 540 g/mol. The molecule has 194 valence electrons. The van der Waals surface area contributed by atoms with Gasteiger partial charge in [-0.3, -0.25) is 9.80 Å². The third-order valence-electron chi connectivity index (χ3n) is 7.09. The SMILES string of the molecule is O=c1/c(=C/c2ccc(N3N=C(c4ccccc4)CC3c3ccccc3)cc2)sc2nc(Cc3ccccc3)nn12. The van der Waals surface area contributed by atoms with Crippen LogP contribution in [0.1, 0.15) is 40.5 Å². The first-order valence-electron chi connectivity index (χ1n) is 13.2. The van der Waals surface area contributed by atoms with Crippen molar-refractivity contribution in [1.29, 1.82) is 0 Å². The van der Waals surface area contributed by atoms with Crippen LogP contribution in [-0.4, -0.2) is 20.3 Å². The van der Waals surface area contributed by atoms with E-state index >= 15 is 0 Å². The lowest BCUT2D eigenvalue weighted by molar-refractivity contribution is 0.709. The number of hydrogen-bond acceptors (Lipinski definition) is 6. The molecule has 0 saturated carbocycles. The largest absolute Gasteiger partial charge is 0.291 e. The highest BCUT2D eigenvalue weighted by atomic mass is 32.1. The first-order valence-corrected chi connectivity index (χ1v) is 14.0. The van der Waals surface area contributed by atoms with Crippen molar-refractivity contribution in [2.45, 2.75) is 18.9 Å². The van der Waals surface area contributed by atoms with Gasteiger partial charge in [-0.2, -0.15) is 9.62 Å². The molecule has 1 aliphatic rings. The number of benzene rings is 4. The Balaban J connectivity index is 1.17. The van der Waals surface area contributed by atoms with Crippen molar-refractivity contribution >= 4 is 33.8 Å². The summed E-state index contributed by atoms with van der Waals surface area (Å²) in [4.78, 5) is 18.3. The zero-order valence-corrected chi connectivity index (χ0v) is 22.4. The Morgan fingerprint density at radius 1 is 0.825 bits per heavy atom. The minimum Gasteiger partial charge on any atom is -0.266 e. The van der Waals surface area contributed by atoms with E-state index in [4.69, 9.17) is 5.10 Å². The van der Waals surface area contributed by atoms with Gasteiger partial charge in [-0.05, 0) is 40.5 Å². The smallest absolute Gasteiger partial charge is 0.266 e. The first-order chi connectivity index (χ1) is 19.7. The predicted octanol–water partition coefficient (Wildman–Crippen LogP) is 5.65. The van der Waals surface area contributed by atoms with Crippen LogP contribution < -0.4 is 15.1 Å². The molecule has 0 bridgehead atoms. The average Bonchev–Trinajstić information content (AvgIpc) is 3.70. The number of fused-ring (bicyclic) bond motifs is 1. The van der Waals surface area contributed by atoms with Gasteiger partial charge in [0.05, 0.1) is 22.0 Å². The summed E-state index contributed by atoms with van der Waals surface area (Å²) in [5.41, 5.74) is 6.36. The summed E-state index contributed by atoms with van der Waals surface area (Å²) >= 11 is 1.36. The van der Waals surface area contributed by atoms with E-state index in [1.807, 2.05) is 72.8 Å². The third kappa shape index (κ3) is 4.72. The van der Waals surface area contributed by atoms with Crippen molar-refractivity contribution in [3.8, 4) is 0 Å². The second kappa shape index (κ2) is 10.4. The standard InChI is InChI=1S/C33H25N5OS/c39-32-30(40-33-34-31(36-38(32)33)21-23-10-4-1-5-11-23)20-24-16-18-27(19-17-24)37-29(26-14-8-3-9-15-26)22-28(35-37)25-12-6-2-7-13-25/h1-20,29H,21-22H2/b30-20-. The van der Waals surface area contributed by atoms with Crippen LogP contribution in [0.3, 0.4) is 0 Å². The van der Waals surface area contributed by atoms with Gasteiger partial charge in [0.15, 0.2) is 5.82 Å². The maximum absolute atomic E-state index is 13.1. The minimum atomic E-state index is -0.142. The fourth-order valence-electron chi connectivity index (χ4n) is 5.09. The van der Waals surface area contributed by atoms with Gasteiger partial charge >= 0.3 is 0 Å². The lowest BCUT2D eigenvalue weighted by Crippen LogP contribution is -2.23. The zero-order valence-electron chi connectivity index (χ0n) is 21.6. The molecule has 6 aromatic rings. The third-order valence-corrected chi connectivity index (χ3v) is 8.05. The molecule has 40 heavy (non-hydrogen) atoms. The fourth-order valence-corrected chi connectivity index (χ4v) is 6.02. The summed E-state index contributed by atoms with van der Waals surface area (Å²) in [6.07, 6.45) is 3.33. The van der Waals surface area contributed by atoms with Crippen LogP contribution in [-0.2, 0) is 6.42 Å². The number of rotatable bonds is 6. The van der Waals surface area contributed by atoms with Gasteiger partial charge < -0.3 is 0 Å². The van der Waals surface area contributed by atoms with Gasteiger partial charge in [0.1, 0.15) is 0 Å². The van der Waals surface area contributed by atoms with Gasteiger partial charge in [0.25, 0.3) is 5.56 Å². The quantitative estimate of drug-likeness (QED) is 0.275. The molecule has 3 heterocycles. The highest BCUT2D eigenvalue weighted by Crippen LogP contribution is 2.36. The molecule has 7 rings (SSSR count). The van der Waals surface area contributed by atoms with Crippen molar-refractivity contribution in [2.24, 2.45) is 5.10 Å². The van der Waals surface area contributed by atoms with Gasteiger partial charge in [-0.25, -0.2) is 4.98 Å². The summed E-state index contributed by atoms with van der Waals surface area (Å²) in [5.74, 6) is 0.652. The number of nitrogens with zero attached hydrogens (tertiary/aromatic N) is 5. The molecule has 6 nitrogen and oxygen atoms in total. The van der Waals surface area contributed by atoms with Crippen molar-refractivity contribution in [3.05, 3.63) is 158 Å². The maximum Gasteiger partial charge on any atom is 0.291 e. The molecule has 1 atom stereocenters. The zero-order chi connectivity index (χ0) is 26.9. The molecular weight excluding hydrogens is 514 g/mol. The fraction of sp³-hybridized carbons (Fsp3) is 0.0909. The van der Waals surface area contributed by atoms with Crippen molar-refractivity contribution in [1.82, 2.24) is 14.6 Å². The van der Waals surface area contributed by atoms with Crippen LogP contribution in [0.15, 0.2) is 125 Å². The molecule has 1 unspecified atom stereocenters. The molecule has 0 N–H and O–H groups in total. The number of hydrogen-bond donors (Lipinski definition) is 0. The highest BCUT2D eigenvalue weighted by molar-refractivity contribution is 7.15. The van der Waals surface area contributed by atoms with Crippen LogP contribution in [0.2, 0.25) is 0 Å². The molecule has 0 amide bonds. The Kier molecular flexibility index (Phi) is 6.26. The second-order valence-electron chi connectivity index (χ2n) is 9.78. The highest BCUT2D eigenvalue weighted by Gasteiger charge is 2.29. The molecule has 0 spiro atoms. The second-order valence-corrected chi connectivity index (χ2v) is 10.8. The van der Waals surface area contributed by atoms with E-state index < -0.39 is 0 Å². The Hall–Kier alpha value is -4.88. The number of hydrazone groups is 1. The summed E-state index contributed by atoms with van der Waals surface area (Å²) in [6.45, 7) is 0. The van der Waals surface area contributed by atoms with Gasteiger partial charge in [-0.1, -0.05) is 114 Å². The Morgan fingerprint density at radius 2 is 1.50 bits per heavy atom. The molecule has 0 fully saturated rings. The van der Waals surface area contributed by atoms with Crippen molar-refractivity contribution < 1.29 is 0 Å². The molecule has 2 aromatic heterocycles. The molecule has 0 saturated heterocycles. The lowest BCUT2D eigenvalue weighted by atomic mass is 9.98. The Labute approximate surface area is 235 Å². The van der Waals surface area contributed by atoms with E-state index in [0.29, 0.717) is 21.7 Å². The monoisotopic (exact) mass is 539 g/mol. The molecule has 7 heteroatoms. The molecule has 0 aliphatic carbocycles. The van der Waals surface area contributed by atoms with Crippen LogP contribution in [0.4, 0.5) is 5.69 Å². The van der Waals surface area contributed by atoms with Crippen LogP contribution in [0.5, 0.6) is 0 Å². The predicted molar refractivity (Wildman–Crippen MR) is 161 cm³/mol. The van der Waals surface area contributed by atoms with Gasteiger partial charge in [0, 0.05) is 12.8 Å². The molecular formula is C33H25N5OS. The van der Waals surface area contributed by atoms with E-state index in [0.717, 1.165) is 34.5 Å². The topological polar surface area (TPSA) is 62.9 Å². The normalized spacial score (nSPS) is 15.6. The van der Waals surface area contributed by atoms with Crippen LogP contribution >= 0.6 is 11.3 Å². The maximum atomic E-state index is 13.1. The van der Waals surface area contributed by atoms with Crippen LogP contribution in [0, 0.1) is 0 Å². The number of aromatic nitrogens is 3. The van der Waals surface area contributed by atoms with Crippen molar-refractivity contribution in [3.63, 3.8) is 0 Å². The van der Waals surface area contributed by atoms with E-state index in [-0.39, 0.29) is 11.6 Å². The van der Waals surface area contributed by atoms with E-state index in [9.17, 15) is 4.79 Å². The molecule has 0 radical (unpaired) electrons. The van der Waals surface area contributed by atoms with Gasteiger partial charge in [-0.15, -0.1) is 5.10 Å². The molecule has 1 aliphatic heterocycles. The first kappa shape index (κ1) is 24.2. The Morgan fingerprint density at radius 3 is 2.20 bits per heavy atom. The number of thiazole rings is 1. The summed E-state index contributed by atoms with van der Waals surface area (Å²) in [6, 6.07) is 39.2. The van der Waals surface area contributed by atoms with Crippen LogP contribution in [0.25, 0.3) is 11.0 Å². The van der Waals surface area contributed by atoms with Crippen molar-refractivity contribution in [2.75, 3.05) is 5.01 Å². The Bertz CT molecular complexity index is 1910. The summed E-state index contributed by atoms with van der Waals surface area (Å²) in [5, 5.41) is 11.6. The summed E-state index contributed by atoms with van der Waals surface area (Å²) < 4.78 is 2.03. The minimum absolute atomic E-state index is 0.112. The summed E-state index contributed by atoms with van der Waals surface area (Å²) in [7, 11) is 0. The van der Waals surface area contributed by atoms with E-state index in [1.54, 1.807) is 0 Å². The molecule has 4 aromatic carbocycles. The lowest BCUT2D eigenvalue weighted by Gasteiger charge is -2.24. The van der Waals surface area contributed by atoms with Gasteiger partial charge in [0.2, 0.25) is 4.96 Å². The van der Waals surface area contributed by atoms with E-state index in [2.05, 4.69) is 63.6 Å².